The molecule has 4 nitrogen and oxygen atoms in total. The van der Waals surface area contributed by atoms with E-state index < -0.39 is 5.97 Å². The second-order valence-corrected chi connectivity index (χ2v) is 3.10. The van der Waals surface area contributed by atoms with Gasteiger partial charge in [-0.3, -0.25) is 4.79 Å². The predicted octanol–water partition coefficient (Wildman–Crippen LogP) is 0.991. The number of phenolic OH excluding ortho intramolecular Hbond substituents is 1. The minimum atomic E-state index is -0.894. The number of aliphatic carboxylic acids is 1. The first kappa shape index (κ1) is 11.3. The summed E-state index contributed by atoms with van der Waals surface area (Å²) in [4.78, 5) is 10.5. The molecule has 0 bridgehead atoms. The van der Waals surface area contributed by atoms with Crippen LogP contribution in [0.5, 0.6) is 5.75 Å². The maximum atomic E-state index is 10.5. The molecule has 1 aromatic rings. The monoisotopic (exact) mass is 207 g/mol. The summed E-state index contributed by atoms with van der Waals surface area (Å²) < 4.78 is 0. The number of benzene rings is 1. The van der Waals surface area contributed by atoms with Gasteiger partial charge in [0.05, 0.1) is 6.42 Å². The molecule has 0 aliphatic carbocycles. The highest BCUT2D eigenvalue weighted by atomic mass is 16.4. The summed E-state index contributed by atoms with van der Waals surface area (Å²) >= 11 is 0. The van der Waals surface area contributed by atoms with Crippen molar-refractivity contribution in [2.24, 2.45) is 5.73 Å². The maximum Gasteiger partial charge on any atom is 0.307 e. The Morgan fingerprint density at radius 3 is 2.80 bits per heavy atom. The normalized spacial score (nSPS) is 10.7. The summed E-state index contributed by atoms with van der Waals surface area (Å²) in [6, 6.07) is 4.70. The average molecular weight is 207 g/mol. The smallest absolute Gasteiger partial charge is 0.307 e. The number of phenols is 1. The van der Waals surface area contributed by atoms with Crippen molar-refractivity contribution in [3.63, 3.8) is 0 Å². The number of hydrogen-bond donors (Lipinski definition) is 3. The Balaban J connectivity index is 2.94. The maximum absolute atomic E-state index is 10.5. The van der Waals surface area contributed by atoms with E-state index in [1.165, 1.54) is 6.07 Å². The van der Waals surface area contributed by atoms with E-state index in [0.717, 1.165) is 0 Å². The van der Waals surface area contributed by atoms with Gasteiger partial charge in [-0.25, -0.2) is 0 Å². The van der Waals surface area contributed by atoms with Gasteiger partial charge in [0, 0.05) is 12.1 Å². The molecule has 4 heteroatoms. The van der Waals surface area contributed by atoms with Crippen LogP contribution >= 0.6 is 0 Å². The number of carboxylic acids is 1. The standard InChI is InChI=1S/C11H13NO3/c12-5-1-2-9-6-8(7-11(14)15)3-4-10(9)13/h1-4,6,13H,5,7,12H2,(H,14,15). The summed E-state index contributed by atoms with van der Waals surface area (Å²) in [7, 11) is 0. The molecule has 1 rings (SSSR count). The van der Waals surface area contributed by atoms with Gasteiger partial charge in [0.2, 0.25) is 0 Å². The Labute approximate surface area is 87.7 Å². The minimum absolute atomic E-state index is 0.0518. The number of hydrogen-bond acceptors (Lipinski definition) is 3. The van der Waals surface area contributed by atoms with Gasteiger partial charge in [0.15, 0.2) is 0 Å². The van der Waals surface area contributed by atoms with Crippen LogP contribution in [0.2, 0.25) is 0 Å². The molecule has 0 aromatic heterocycles. The van der Waals surface area contributed by atoms with Crippen molar-refractivity contribution in [2.45, 2.75) is 6.42 Å². The molecule has 0 atom stereocenters. The molecule has 0 aliphatic rings. The Morgan fingerprint density at radius 2 is 2.20 bits per heavy atom. The van der Waals surface area contributed by atoms with Crippen molar-refractivity contribution < 1.29 is 15.0 Å². The Morgan fingerprint density at radius 1 is 1.47 bits per heavy atom. The van der Waals surface area contributed by atoms with Gasteiger partial charge >= 0.3 is 5.97 Å². The van der Waals surface area contributed by atoms with Crippen molar-refractivity contribution in [1.29, 1.82) is 0 Å². The SMILES string of the molecule is NCC=Cc1cc(CC(=O)O)ccc1O. The fourth-order valence-corrected chi connectivity index (χ4v) is 1.22. The molecule has 0 amide bonds. The van der Waals surface area contributed by atoms with Crippen LogP contribution in [0.1, 0.15) is 11.1 Å². The molecule has 1 aromatic carbocycles. The van der Waals surface area contributed by atoms with Crippen molar-refractivity contribution in [3.05, 3.63) is 35.4 Å². The molecular formula is C11H13NO3. The van der Waals surface area contributed by atoms with Gasteiger partial charge < -0.3 is 15.9 Å². The second kappa shape index (κ2) is 5.17. The lowest BCUT2D eigenvalue weighted by Gasteiger charge is -2.02. The number of nitrogens with two attached hydrogens (primary N) is 1. The second-order valence-electron chi connectivity index (χ2n) is 3.10. The molecule has 0 unspecified atom stereocenters. The number of rotatable bonds is 4. The fourth-order valence-electron chi connectivity index (χ4n) is 1.22. The van der Waals surface area contributed by atoms with Crippen LogP contribution in [0.25, 0.3) is 6.08 Å². The molecule has 0 saturated carbocycles. The molecule has 0 radical (unpaired) electrons. The van der Waals surface area contributed by atoms with Crippen LogP contribution in [0, 0.1) is 0 Å². The van der Waals surface area contributed by atoms with E-state index in [1.807, 2.05) is 0 Å². The van der Waals surface area contributed by atoms with E-state index in [4.69, 9.17) is 10.8 Å². The van der Waals surface area contributed by atoms with Gasteiger partial charge in [-0.2, -0.15) is 0 Å². The third-order valence-corrected chi connectivity index (χ3v) is 1.88. The summed E-state index contributed by atoms with van der Waals surface area (Å²) in [5.74, 6) is -0.775. The molecular weight excluding hydrogens is 194 g/mol. The highest BCUT2D eigenvalue weighted by Crippen LogP contribution is 2.20. The van der Waals surface area contributed by atoms with Crippen molar-refractivity contribution in [2.75, 3.05) is 6.54 Å². The number of carboxylic acid groups (broad SMARTS) is 1. The molecule has 0 heterocycles. The largest absolute Gasteiger partial charge is 0.507 e. The first-order chi connectivity index (χ1) is 7.13. The topological polar surface area (TPSA) is 83.6 Å². The van der Waals surface area contributed by atoms with E-state index >= 15 is 0 Å². The predicted molar refractivity (Wildman–Crippen MR) is 57.5 cm³/mol. The lowest BCUT2D eigenvalue weighted by molar-refractivity contribution is -0.136. The quantitative estimate of drug-likeness (QED) is 0.687. The van der Waals surface area contributed by atoms with E-state index in [0.29, 0.717) is 17.7 Å². The minimum Gasteiger partial charge on any atom is -0.507 e. The molecule has 0 aliphatic heterocycles. The lowest BCUT2D eigenvalue weighted by atomic mass is 10.1. The fraction of sp³-hybridized carbons (Fsp3) is 0.182. The summed E-state index contributed by atoms with van der Waals surface area (Å²) in [6.45, 7) is 0.378. The lowest BCUT2D eigenvalue weighted by Crippen LogP contribution is -2.00. The Hall–Kier alpha value is -1.81. The van der Waals surface area contributed by atoms with E-state index in [-0.39, 0.29) is 12.2 Å². The summed E-state index contributed by atoms with van der Waals surface area (Å²) in [6.07, 6.45) is 3.31. The van der Waals surface area contributed by atoms with E-state index in [2.05, 4.69) is 0 Å². The Kier molecular flexibility index (Phi) is 3.88. The zero-order chi connectivity index (χ0) is 11.3. The molecule has 4 N–H and O–H groups in total. The van der Waals surface area contributed by atoms with Crippen LogP contribution in [-0.4, -0.2) is 22.7 Å². The first-order valence-corrected chi connectivity index (χ1v) is 4.53. The third-order valence-electron chi connectivity index (χ3n) is 1.88. The zero-order valence-corrected chi connectivity index (χ0v) is 8.18. The molecule has 0 saturated heterocycles. The highest BCUT2D eigenvalue weighted by Gasteiger charge is 2.03. The summed E-state index contributed by atoms with van der Waals surface area (Å²) in [5, 5.41) is 18.1. The van der Waals surface area contributed by atoms with Gasteiger partial charge in [-0.05, 0) is 17.7 Å². The van der Waals surface area contributed by atoms with E-state index in [9.17, 15) is 9.90 Å². The van der Waals surface area contributed by atoms with Crippen LogP contribution in [0.3, 0.4) is 0 Å². The Bertz CT molecular complexity index is 385. The van der Waals surface area contributed by atoms with Crippen LogP contribution in [0.4, 0.5) is 0 Å². The molecule has 0 fully saturated rings. The number of carbonyl (C=O) groups is 1. The van der Waals surface area contributed by atoms with E-state index in [1.54, 1.807) is 24.3 Å². The van der Waals surface area contributed by atoms with Gasteiger partial charge in [-0.15, -0.1) is 0 Å². The molecule has 15 heavy (non-hydrogen) atoms. The average Bonchev–Trinajstić information content (AvgIpc) is 2.18. The van der Waals surface area contributed by atoms with Crippen molar-refractivity contribution >= 4 is 12.0 Å². The number of aromatic hydroxyl groups is 1. The van der Waals surface area contributed by atoms with Gasteiger partial charge in [0.1, 0.15) is 5.75 Å². The van der Waals surface area contributed by atoms with Crippen LogP contribution in [-0.2, 0) is 11.2 Å². The van der Waals surface area contributed by atoms with Crippen molar-refractivity contribution in [3.8, 4) is 5.75 Å². The summed E-state index contributed by atoms with van der Waals surface area (Å²) in [5.41, 5.74) is 6.52. The van der Waals surface area contributed by atoms with Crippen LogP contribution in [0.15, 0.2) is 24.3 Å². The van der Waals surface area contributed by atoms with Crippen LogP contribution < -0.4 is 5.73 Å². The first-order valence-electron chi connectivity index (χ1n) is 4.53. The van der Waals surface area contributed by atoms with Crippen molar-refractivity contribution in [1.82, 2.24) is 0 Å². The zero-order valence-electron chi connectivity index (χ0n) is 8.18. The highest BCUT2D eigenvalue weighted by molar-refractivity contribution is 5.71. The third kappa shape index (κ3) is 3.44. The van der Waals surface area contributed by atoms with Gasteiger partial charge in [-0.1, -0.05) is 18.2 Å². The molecule has 80 valence electrons. The molecule has 0 spiro atoms. The van der Waals surface area contributed by atoms with Gasteiger partial charge in [0.25, 0.3) is 0 Å².